The van der Waals surface area contributed by atoms with Gasteiger partial charge < -0.3 is 29.4 Å². The Hall–Kier alpha value is -2.95. The van der Waals surface area contributed by atoms with Crippen LogP contribution >= 0.6 is 0 Å². The first-order valence-electron chi connectivity index (χ1n) is 12.1. The summed E-state index contributed by atoms with van der Waals surface area (Å²) in [4.78, 5) is 30.1. The van der Waals surface area contributed by atoms with Gasteiger partial charge in [-0.1, -0.05) is 18.2 Å². The van der Waals surface area contributed by atoms with Gasteiger partial charge in [-0.25, -0.2) is 0 Å². The molecule has 1 aromatic heterocycles. The molecule has 0 unspecified atom stereocenters. The fourth-order valence-electron chi connectivity index (χ4n) is 3.70. The molecule has 0 spiro atoms. The molecule has 3 rings (SSSR count). The average molecular weight is 497 g/mol. The van der Waals surface area contributed by atoms with E-state index in [0.717, 1.165) is 11.3 Å². The minimum Gasteiger partial charge on any atom is -0.494 e. The third kappa shape index (κ3) is 7.06. The highest BCUT2D eigenvalue weighted by molar-refractivity contribution is 6.48. The first kappa shape index (κ1) is 27.6. The maximum absolute atomic E-state index is 13.3. The van der Waals surface area contributed by atoms with Gasteiger partial charge in [0.05, 0.1) is 35.9 Å². The van der Waals surface area contributed by atoms with Crippen LogP contribution in [0.15, 0.2) is 48.8 Å². The molecule has 2 aromatic rings. The van der Waals surface area contributed by atoms with Gasteiger partial charge in [0.1, 0.15) is 11.8 Å². The van der Waals surface area contributed by atoms with Crippen LogP contribution in [0.2, 0.25) is 0 Å². The second-order valence-corrected chi connectivity index (χ2v) is 9.92. The van der Waals surface area contributed by atoms with Crippen LogP contribution in [0.3, 0.4) is 0 Å². The lowest BCUT2D eigenvalue weighted by Gasteiger charge is -2.32. The number of nitrogens with one attached hydrogen (secondary N) is 2. The molecule has 0 bridgehead atoms. The molecule has 1 saturated heterocycles. The Kier molecular flexibility index (Phi) is 9.11. The van der Waals surface area contributed by atoms with Crippen molar-refractivity contribution in [2.24, 2.45) is 0 Å². The number of carbonyl (C=O) groups excluding carboxylic acids is 2. The molecule has 1 fully saturated rings. The van der Waals surface area contributed by atoms with Crippen molar-refractivity contribution in [3.8, 4) is 5.75 Å². The highest BCUT2D eigenvalue weighted by Gasteiger charge is 2.54. The average Bonchev–Trinajstić information content (AvgIpc) is 3.05. The Morgan fingerprint density at radius 2 is 1.72 bits per heavy atom. The summed E-state index contributed by atoms with van der Waals surface area (Å²) in [7, 11) is 0.776. The lowest BCUT2D eigenvalue weighted by molar-refractivity contribution is -0.124. The maximum atomic E-state index is 13.3. The molecule has 2 N–H and O–H groups in total. The van der Waals surface area contributed by atoms with E-state index in [-0.39, 0.29) is 6.61 Å². The smallest absolute Gasteiger partial charge is 0.481 e. The molecule has 10 heteroatoms. The predicted octanol–water partition coefficient (Wildman–Crippen LogP) is 2.72. The Labute approximate surface area is 213 Å². The zero-order chi connectivity index (χ0) is 26.3. The van der Waals surface area contributed by atoms with Gasteiger partial charge >= 0.3 is 7.12 Å². The molecule has 2 amide bonds. The van der Waals surface area contributed by atoms with Gasteiger partial charge in [-0.3, -0.25) is 14.6 Å². The first-order valence-corrected chi connectivity index (χ1v) is 12.1. The van der Waals surface area contributed by atoms with Gasteiger partial charge in [0.15, 0.2) is 0 Å². The molecule has 1 aliphatic heterocycles. The molecule has 9 nitrogen and oxygen atoms in total. The van der Waals surface area contributed by atoms with Crippen LogP contribution in [-0.2, 0) is 18.8 Å². The van der Waals surface area contributed by atoms with Crippen molar-refractivity contribution in [3.63, 3.8) is 0 Å². The molecule has 0 saturated carbocycles. The number of hydrogen-bond acceptors (Lipinski definition) is 7. The minimum atomic E-state index is -0.928. The molecule has 1 aliphatic rings. The van der Waals surface area contributed by atoms with Crippen molar-refractivity contribution in [2.75, 3.05) is 20.3 Å². The normalized spacial score (nSPS) is 17.8. The number of pyridine rings is 1. The van der Waals surface area contributed by atoms with Crippen LogP contribution in [0.1, 0.15) is 50.0 Å². The summed E-state index contributed by atoms with van der Waals surface area (Å²) in [5.74, 6) is -0.625. The second kappa shape index (κ2) is 11.9. The zero-order valence-electron chi connectivity index (χ0n) is 21.9. The van der Waals surface area contributed by atoms with E-state index in [1.54, 1.807) is 12.3 Å². The van der Waals surface area contributed by atoms with Crippen molar-refractivity contribution in [1.82, 2.24) is 15.6 Å². The monoisotopic (exact) mass is 497 g/mol. The van der Waals surface area contributed by atoms with Crippen molar-refractivity contribution in [1.29, 1.82) is 0 Å². The maximum Gasteiger partial charge on any atom is 0.481 e. The lowest BCUT2D eigenvalue weighted by atomic mass is 9.76. The molecule has 2 heterocycles. The van der Waals surface area contributed by atoms with Gasteiger partial charge in [0, 0.05) is 25.9 Å². The summed E-state index contributed by atoms with van der Waals surface area (Å²) < 4.78 is 23.5. The van der Waals surface area contributed by atoms with Gasteiger partial charge in [-0.2, -0.15) is 0 Å². The van der Waals surface area contributed by atoms with Crippen molar-refractivity contribution in [2.45, 2.75) is 64.2 Å². The number of hydrogen-bond donors (Lipinski definition) is 2. The Balaban J connectivity index is 1.72. The van der Waals surface area contributed by atoms with E-state index >= 15 is 0 Å². The van der Waals surface area contributed by atoms with Crippen LogP contribution in [-0.4, -0.2) is 67.4 Å². The highest BCUT2D eigenvalue weighted by Crippen LogP contribution is 2.37. The van der Waals surface area contributed by atoms with E-state index in [1.165, 1.54) is 13.3 Å². The van der Waals surface area contributed by atoms with E-state index in [0.29, 0.717) is 18.6 Å². The number of rotatable bonds is 11. The molecule has 36 heavy (non-hydrogen) atoms. The van der Waals surface area contributed by atoms with E-state index in [4.69, 9.17) is 18.8 Å². The minimum absolute atomic E-state index is 0.00653. The molecule has 194 valence electrons. The van der Waals surface area contributed by atoms with Gasteiger partial charge in [0.2, 0.25) is 5.91 Å². The van der Waals surface area contributed by atoms with E-state index in [9.17, 15) is 9.59 Å². The summed E-state index contributed by atoms with van der Waals surface area (Å²) in [5.41, 5.74) is 0.0655. The van der Waals surface area contributed by atoms with Crippen LogP contribution in [0.25, 0.3) is 0 Å². The Morgan fingerprint density at radius 1 is 1.06 bits per heavy atom. The molecular formula is C26H36BN3O6. The number of benzene rings is 1. The quantitative estimate of drug-likeness (QED) is 0.460. The van der Waals surface area contributed by atoms with Gasteiger partial charge in [-0.15, -0.1) is 0 Å². The topological polar surface area (TPSA) is 108 Å². The van der Waals surface area contributed by atoms with Crippen LogP contribution in [0.4, 0.5) is 0 Å². The molecule has 2 atom stereocenters. The van der Waals surface area contributed by atoms with Crippen LogP contribution in [0.5, 0.6) is 5.75 Å². The number of para-hydroxylation sites is 1. The highest BCUT2D eigenvalue weighted by atomic mass is 16.7. The molecule has 1 aromatic carbocycles. The van der Waals surface area contributed by atoms with Gasteiger partial charge in [-0.05, 0) is 58.4 Å². The molecule has 0 aliphatic carbocycles. The summed E-state index contributed by atoms with van der Waals surface area (Å²) in [6, 6.07) is 10.2. The predicted molar refractivity (Wildman–Crippen MR) is 137 cm³/mol. The number of methoxy groups -OCH3 is 1. The van der Waals surface area contributed by atoms with Crippen molar-refractivity contribution in [3.05, 3.63) is 59.9 Å². The number of carbonyl (C=O) groups is 2. The summed E-state index contributed by atoms with van der Waals surface area (Å²) >= 11 is 0. The number of ether oxygens (including phenoxy) is 2. The number of nitrogens with zero attached hydrogens (tertiary/aromatic N) is 1. The summed E-state index contributed by atoms with van der Waals surface area (Å²) in [6.07, 6.45) is 3.54. The first-order chi connectivity index (χ1) is 17.0. The second-order valence-electron chi connectivity index (χ2n) is 9.92. The molecule has 0 radical (unpaired) electrons. The zero-order valence-corrected chi connectivity index (χ0v) is 21.9. The standard InChI is InChI=1S/C26H36BN3O6/c1-18-14-19(16-28-15-18)23(31)29-21(17-33-6)24(32)30-22(12-13-34-20-10-8-7-9-11-20)27-35-25(2,3)26(4,5)36-27/h7-11,14-16,21-22H,12-13,17H2,1-6H3,(H,29,31)(H,30,32)/t21-,22+/m1/s1. The van der Waals surface area contributed by atoms with Gasteiger partial charge in [0.25, 0.3) is 5.91 Å². The largest absolute Gasteiger partial charge is 0.494 e. The van der Waals surface area contributed by atoms with Crippen LogP contribution in [0, 0.1) is 6.92 Å². The Bertz CT molecular complexity index is 1020. The van der Waals surface area contributed by atoms with E-state index < -0.39 is 42.1 Å². The fraction of sp³-hybridized carbons (Fsp3) is 0.500. The number of aromatic nitrogens is 1. The van der Waals surface area contributed by atoms with Crippen molar-refractivity contribution >= 4 is 18.9 Å². The number of aryl methyl sites for hydroxylation is 1. The summed E-state index contributed by atoms with van der Waals surface area (Å²) in [6.45, 7) is 9.98. The Morgan fingerprint density at radius 3 is 2.33 bits per heavy atom. The van der Waals surface area contributed by atoms with E-state index in [2.05, 4.69) is 15.6 Å². The number of amides is 2. The van der Waals surface area contributed by atoms with E-state index in [1.807, 2.05) is 65.0 Å². The molecular weight excluding hydrogens is 461 g/mol. The van der Waals surface area contributed by atoms with Crippen molar-refractivity contribution < 1.29 is 28.4 Å². The van der Waals surface area contributed by atoms with Crippen LogP contribution < -0.4 is 15.4 Å². The SMILES string of the molecule is COC[C@@H](NC(=O)c1cncc(C)c1)C(=O)N[C@@H](CCOc1ccccc1)B1OC(C)(C)C(C)(C)O1. The lowest BCUT2D eigenvalue weighted by Crippen LogP contribution is -2.56. The summed E-state index contributed by atoms with van der Waals surface area (Å²) in [5, 5.41) is 5.74. The third-order valence-corrected chi connectivity index (χ3v) is 6.46. The third-order valence-electron chi connectivity index (χ3n) is 6.46. The fourth-order valence-corrected chi connectivity index (χ4v) is 3.70.